The number of carbonyl (C=O) groups excluding carboxylic acids is 1. The van der Waals surface area contributed by atoms with Crippen molar-refractivity contribution in [2.75, 3.05) is 32.6 Å². The number of aromatic nitrogens is 1. The van der Waals surface area contributed by atoms with E-state index in [9.17, 15) is 4.79 Å². The van der Waals surface area contributed by atoms with E-state index in [1.54, 1.807) is 32.5 Å². The lowest BCUT2D eigenvalue weighted by Gasteiger charge is -2.15. The molecule has 1 aromatic rings. The molecule has 1 heterocycles. The number of pyridine rings is 1. The number of rotatable bonds is 7. The van der Waals surface area contributed by atoms with Gasteiger partial charge in [0.05, 0.1) is 5.56 Å². The molecule has 1 aliphatic carbocycles. The van der Waals surface area contributed by atoms with E-state index in [0.29, 0.717) is 5.56 Å². The Balaban J connectivity index is 1.83. The zero-order valence-corrected chi connectivity index (χ0v) is 11.5. The Morgan fingerprint density at radius 1 is 1.47 bits per heavy atom. The van der Waals surface area contributed by atoms with Crippen LogP contribution in [-0.2, 0) is 4.74 Å². The highest BCUT2D eigenvalue weighted by molar-refractivity contribution is 5.94. The minimum Gasteiger partial charge on any atom is -0.385 e. The third-order valence-electron chi connectivity index (χ3n) is 3.70. The van der Waals surface area contributed by atoms with Gasteiger partial charge >= 0.3 is 0 Å². The quantitative estimate of drug-likeness (QED) is 0.785. The van der Waals surface area contributed by atoms with Crippen LogP contribution >= 0.6 is 0 Å². The second-order valence-corrected chi connectivity index (χ2v) is 5.11. The molecular weight excluding hydrogens is 242 g/mol. The Labute approximate surface area is 113 Å². The molecule has 1 amide bonds. The summed E-state index contributed by atoms with van der Waals surface area (Å²) in [5.74, 6) is 0.703. The van der Waals surface area contributed by atoms with E-state index < -0.39 is 0 Å². The van der Waals surface area contributed by atoms with Crippen molar-refractivity contribution in [3.05, 3.63) is 23.9 Å². The minimum absolute atomic E-state index is 0.0566. The van der Waals surface area contributed by atoms with E-state index in [1.165, 1.54) is 12.8 Å². The van der Waals surface area contributed by atoms with Gasteiger partial charge in [-0.1, -0.05) is 0 Å². The molecule has 0 bridgehead atoms. The van der Waals surface area contributed by atoms with E-state index in [2.05, 4.69) is 15.6 Å². The van der Waals surface area contributed by atoms with Gasteiger partial charge in [-0.15, -0.1) is 0 Å². The van der Waals surface area contributed by atoms with E-state index in [4.69, 9.17) is 4.74 Å². The van der Waals surface area contributed by atoms with Crippen LogP contribution in [0.5, 0.6) is 0 Å². The Hall–Kier alpha value is -1.62. The topological polar surface area (TPSA) is 63.2 Å². The van der Waals surface area contributed by atoms with Gasteiger partial charge < -0.3 is 15.4 Å². The van der Waals surface area contributed by atoms with Gasteiger partial charge in [0.25, 0.3) is 5.91 Å². The van der Waals surface area contributed by atoms with Crippen molar-refractivity contribution in [1.82, 2.24) is 10.3 Å². The van der Waals surface area contributed by atoms with Gasteiger partial charge in [0.1, 0.15) is 5.82 Å². The maximum atomic E-state index is 12.0. The number of methoxy groups -OCH3 is 1. The maximum Gasteiger partial charge on any atom is 0.252 e. The van der Waals surface area contributed by atoms with Gasteiger partial charge in [0.15, 0.2) is 0 Å². The summed E-state index contributed by atoms with van der Waals surface area (Å²) < 4.78 is 5.11. The third kappa shape index (κ3) is 3.67. The molecule has 1 fully saturated rings. The number of nitrogens with zero attached hydrogens (tertiary/aromatic N) is 1. The van der Waals surface area contributed by atoms with Gasteiger partial charge in [-0.3, -0.25) is 4.79 Å². The summed E-state index contributed by atoms with van der Waals surface area (Å²) in [7, 11) is 3.51. The smallest absolute Gasteiger partial charge is 0.252 e. The van der Waals surface area contributed by atoms with Crippen LogP contribution < -0.4 is 10.6 Å². The molecule has 104 valence electrons. The van der Waals surface area contributed by atoms with Crippen molar-refractivity contribution < 1.29 is 9.53 Å². The van der Waals surface area contributed by atoms with Gasteiger partial charge in [0.2, 0.25) is 0 Å². The molecule has 0 atom stereocenters. The highest BCUT2D eigenvalue weighted by Crippen LogP contribution is 2.48. The molecular formula is C14H21N3O2. The summed E-state index contributed by atoms with van der Waals surface area (Å²) in [5, 5.41) is 5.92. The number of anilines is 1. The predicted molar refractivity (Wildman–Crippen MR) is 74.3 cm³/mol. The second-order valence-electron chi connectivity index (χ2n) is 5.11. The molecule has 19 heavy (non-hydrogen) atoms. The summed E-state index contributed by atoms with van der Waals surface area (Å²) in [6.45, 7) is 1.48. The van der Waals surface area contributed by atoms with E-state index >= 15 is 0 Å². The van der Waals surface area contributed by atoms with Gasteiger partial charge in [0, 0.05) is 33.5 Å². The fraction of sp³-hybridized carbons (Fsp3) is 0.571. The Morgan fingerprint density at radius 3 is 2.79 bits per heavy atom. The number of amides is 1. The maximum absolute atomic E-state index is 12.0. The van der Waals surface area contributed by atoms with Crippen molar-refractivity contribution in [3.63, 3.8) is 0 Å². The van der Waals surface area contributed by atoms with E-state index in [1.807, 2.05) is 0 Å². The first kappa shape index (κ1) is 13.8. The number of ether oxygens (including phenoxy) is 1. The van der Waals surface area contributed by atoms with Crippen LogP contribution in [0, 0.1) is 5.41 Å². The first-order valence-corrected chi connectivity index (χ1v) is 6.60. The van der Waals surface area contributed by atoms with Crippen LogP contribution in [0.25, 0.3) is 0 Å². The highest BCUT2D eigenvalue weighted by Gasteiger charge is 2.42. The number of hydrogen-bond donors (Lipinski definition) is 2. The zero-order chi connectivity index (χ0) is 13.7. The summed E-state index contributed by atoms with van der Waals surface area (Å²) in [6, 6.07) is 3.58. The first-order chi connectivity index (χ1) is 9.19. The third-order valence-corrected chi connectivity index (χ3v) is 3.70. The fourth-order valence-corrected chi connectivity index (χ4v) is 2.06. The van der Waals surface area contributed by atoms with Crippen molar-refractivity contribution in [3.8, 4) is 0 Å². The number of carbonyl (C=O) groups is 1. The first-order valence-electron chi connectivity index (χ1n) is 6.60. The predicted octanol–water partition coefficient (Wildman–Crippen LogP) is 1.67. The monoisotopic (exact) mass is 263 g/mol. The van der Waals surface area contributed by atoms with Crippen LogP contribution in [0.3, 0.4) is 0 Å². The molecule has 0 unspecified atom stereocenters. The molecule has 5 heteroatoms. The number of nitrogens with one attached hydrogen (secondary N) is 2. The molecule has 0 spiro atoms. The van der Waals surface area contributed by atoms with Crippen molar-refractivity contribution in [1.29, 1.82) is 0 Å². The van der Waals surface area contributed by atoms with Gasteiger partial charge in [-0.2, -0.15) is 0 Å². The SMILES string of the molecule is CNc1ccc(C(=O)NCC2(CCOC)CC2)cn1. The van der Waals surface area contributed by atoms with Crippen LogP contribution in [-0.4, -0.2) is 38.2 Å². The molecule has 5 nitrogen and oxygen atoms in total. The molecule has 1 saturated carbocycles. The fourth-order valence-electron chi connectivity index (χ4n) is 2.06. The molecule has 1 aliphatic rings. The lowest BCUT2D eigenvalue weighted by molar-refractivity contribution is 0.0937. The van der Waals surface area contributed by atoms with Crippen molar-refractivity contribution in [2.24, 2.45) is 5.41 Å². The van der Waals surface area contributed by atoms with E-state index in [-0.39, 0.29) is 11.3 Å². The van der Waals surface area contributed by atoms with E-state index in [0.717, 1.165) is 25.4 Å². The summed E-state index contributed by atoms with van der Waals surface area (Å²) >= 11 is 0. The highest BCUT2D eigenvalue weighted by atomic mass is 16.5. The van der Waals surface area contributed by atoms with Gasteiger partial charge in [-0.05, 0) is 36.8 Å². The van der Waals surface area contributed by atoms with Crippen LogP contribution in [0.4, 0.5) is 5.82 Å². The molecule has 1 aromatic heterocycles. The molecule has 0 aliphatic heterocycles. The Kier molecular flexibility index (Phi) is 4.37. The number of hydrogen-bond acceptors (Lipinski definition) is 4. The molecule has 2 N–H and O–H groups in total. The summed E-state index contributed by atoms with van der Waals surface area (Å²) in [4.78, 5) is 16.1. The second kappa shape index (κ2) is 6.02. The largest absolute Gasteiger partial charge is 0.385 e. The average Bonchev–Trinajstić information content (AvgIpc) is 3.23. The van der Waals surface area contributed by atoms with Crippen molar-refractivity contribution >= 4 is 11.7 Å². The van der Waals surface area contributed by atoms with Gasteiger partial charge in [-0.25, -0.2) is 4.98 Å². The van der Waals surface area contributed by atoms with Crippen molar-refractivity contribution in [2.45, 2.75) is 19.3 Å². The molecule has 0 saturated heterocycles. The standard InChI is InChI=1S/C14H21N3O2/c1-15-12-4-3-11(9-16-12)13(18)17-10-14(5-6-14)7-8-19-2/h3-4,9H,5-8,10H2,1-2H3,(H,15,16)(H,17,18). The molecule has 0 radical (unpaired) electrons. The lowest BCUT2D eigenvalue weighted by Crippen LogP contribution is -2.30. The van der Waals surface area contributed by atoms with Crippen LogP contribution in [0.1, 0.15) is 29.6 Å². The lowest BCUT2D eigenvalue weighted by atomic mass is 10.0. The van der Waals surface area contributed by atoms with Crippen LogP contribution in [0.15, 0.2) is 18.3 Å². The van der Waals surface area contributed by atoms with Crippen LogP contribution in [0.2, 0.25) is 0 Å². The Morgan fingerprint density at radius 2 is 2.26 bits per heavy atom. The average molecular weight is 263 g/mol. The summed E-state index contributed by atoms with van der Waals surface area (Å²) in [6.07, 6.45) is 4.96. The Bertz CT molecular complexity index is 427. The normalized spacial score (nSPS) is 15.9. The molecule has 2 rings (SSSR count). The molecule has 0 aromatic carbocycles. The zero-order valence-electron chi connectivity index (χ0n) is 11.5. The minimum atomic E-state index is -0.0566. The summed E-state index contributed by atoms with van der Waals surface area (Å²) in [5.41, 5.74) is 0.867.